The second kappa shape index (κ2) is 8.00. The summed E-state index contributed by atoms with van der Waals surface area (Å²) in [7, 11) is 0. The van der Waals surface area contributed by atoms with Crippen LogP contribution in [-0.2, 0) is 4.79 Å². The summed E-state index contributed by atoms with van der Waals surface area (Å²) in [6.07, 6.45) is 6.03. The number of piperidine rings is 2. The molecule has 4 rings (SSSR count). The van der Waals surface area contributed by atoms with Crippen molar-refractivity contribution in [2.75, 3.05) is 32.7 Å². The molecular formula is C20H30N4O3. The van der Waals surface area contributed by atoms with E-state index in [9.17, 15) is 9.59 Å². The molecular weight excluding hydrogens is 344 g/mol. The lowest BCUT2D eigenvalue weighted by Crippen LogP contribution is -2.57. The highest BCUT2D eigenvalue weighted by molar-refractivity contribution is 5.92. The van der Waals surface area contributed by atoms with E-state index in [-0.39, 0.29) is 5.91 Å². The van der Waals surface area contributed by atoms with Gasteiger partial charge in [0.2, 0.25) is 5.91 Å². The molecule has 3 aliphatic rings. The van der Waals surface area contributed by atoms with E-state index >= 15 is 0 Å². The number of aryl methyl sites for hydroxylation is 1. The van der Waals surface area contributed by atoms with E-state index in [4.69, 9.17) is 4.52 Å². The lowest BCUT2D eigenvalue weighted by molar-refractivity contribution is -0.130. The van der Waals surface area contributed by atoms with Gasteiger partial charge in [0.1, 0.15) is 5.76 Å². The fourth-order valence-electron chi connectivity index (χ4n) is 4.90. The van der Waals surface area contributed by atoms with Gasteiger partial charge in [-0.05, 0) is 57.4 Å². The molecule has 1 aromatic rings. The monoisotopic (exact) mass is 374 g/mol. The summed E-state index contributed by atoms with van der Waals surface area (Å²) in [5, 5.41) is 7.56. The third kappa shape index (κ3) is 4.18. The van der Waals surface area contributed by atoms with E-state index in [0.717, 1.165) is 58.4 Å². The van der Waals surface area contributed by atoms with Crippen molar-refractivity contribution in [2.45, 2.75) is 51.5 Å². The van der Waals surface area contributed by atoms with Crippen LogP contribution >= 0.6 is 0 Å². The molecule has 27 heavy (non-hydrogen) atoms. The maximum Gasteiger partial charge on any atom is 0.276 e. The molecule has 0 saturated carbocycles. The van der Waals surface area contributed by atoms with Crippen LogP contribution in [0.3, 0.4) is 0 Å². The Bertz CT molecular complexity index is 683. The number of nitrogens with zero attached hydrogens (tertiary/aromatic N) is 3. The maximum atomic E-state index is 12.7. The van der Waals surface area contributed by atoms with E-state index in [2.05, 4.69) is 10.5 Å². The van der Waals surface area contributed by atoms with E-state index in [0.29, 0.717) is 41.7 Å². The van der Waals surface area contributed by atoms with E-state index in [1.165, 1.54) is 6.42 Å². The van der Waals surface area contributed by atoms with Crippen LogP contribution in [0, 0.1) is 18.8 Å². The van der Waals surface area contributed by atoms with Crippen LogP contribution in [0.25, 0.3) is 0 Å². The molecule has 1 aromatic heterocycles. The summed E-state index contributed by atoms with van der Waals surface area (Å²) in [5.74, 6) is 1.91. The first-order valence-electron chi connectivity index (χ1n) is 10.3. The molecule has 3 saturated heterocycles. The van der Waals surface area contributed by atoms with Gasteiger partial charge >= 0.3 is 0 Å². The highest BCUT2D eigenvalue weighted by atomic mass is 16.5. The topological polar surface area (TPSA) is 78.7 Å². The van der Waals surface area contributed by atoms with Gasteiger partial charge in [0.05, 0.1) is 0 Å². The fourth-order valence-corrected chi connectivity index (χ4v) is 4.90. The quantitative estimate of drug-likeness (QED) is 0.851. The summed E-state index contributed by atoms with van der Waals surface area (Å²) in [6, 6.07) is 2.11. The Hall–Kier alpha value is -1.89. The Kier molecular flexibility index (Phi) is 5.48. The minimum Gasteiger partial charge on any atom is -0.361 e. The predicted molar refractivity (Wildman–Crippen MR) is 100 cm³/mol. The Morgan fingerprint density at radius 1 is 1.26 bits per heavy atom. The summed E-state index contributed by atoms with van der Waals surface area (Å²) in [4.78, 5) is 28.9. The van der Waals surface area contributed by atoms with Crippen LogP contribution < -0.4 is 5.32 Å². The van der Waals surface area contributed by atoms with Gasteiger partial charge in [-0.3, -0.25) is 9.59 Å². The van der Waals surface area contributed by atoms with E-state index < -0.39 is 0 Å². The average Bonchev–Trinajstić information content (AvgIpc) is 3.34. The van der Waals surface area contributed by atoms with Gasteiger partial charge in [-0.25, -0.2) is 0 Å². The molecule has 4 heterocycles. The number of carbonyl (C=O) groups is 2. The molecule has 0 aliphatic carbocycles. The summed E-state index contributed by atoms with van der Waals surface area (Å²) in [6.45, 7) is 6.17. The Morgan fingerprint density at radius 2 is 2.07 bits per heavy atom. The van der Waals surface area contributed by atoms with Gasteiger partial charge in [-0.2, -0.15) is 0 Å². The zero-order valence-corrected chi connectivity index (χ0v) is 16.2. The number of likely N-dealkylation sites (tertiary alicyclic amines) is 2. The number of carbonyl (C=O) groups excluding carboxylic acids is 2. The lowest BCUT2D eigenvalue weighted by atomic mass is 9.79. The first kappa shape index (κ1) is 18.5. The molecule has 0 spiro atoms. The highest BCUT2D eigenvalue weighted by Crippen LogP contribution is 2.31. The van der Waals surface area contributed by atoms with E-state index in [1.807, 2.05) is 9.80 Å². The number of nitrogens with one attached hydrogen (secondary N) is 1. The smallest absolute Gasteiger partial charge is 0.276 e. The molecule has 2 amide bonds. The molecule has 1 N–H and O–H groups in total. The van der Waals surface area contributed by atoms with Crippen LogP contribution in [0.15, 0.2) is 10.6 Å². The second-order valence-electron chi connectivity index (χ2n) is 8.39. The van der Waals surface area contributed by atoms with Gasteiger partial charge < -0.3 is 19.6 Å². The van der Waals surface area contributed by atoms with Gasteiger partial charge in [0.25, 0.3) is 5.91 Å². The van der Waals surface area contributed by atoms with Crippen LogP contribution in [0.5, 0.6) is 0 Å². The number of fused-ring (bicyclic) bond motifs is 2. The number of aromatic nitrogens is 1. The highest BCUT2D eigenvalue weighted by Gasteiger charge is 2.38. The normalized spacial score (nSPS) is 27.8. The number of hydrogen-bond acceptors (Lipinski definition) is 5. The fraction of sp³-hybridized carbons (Fsp3) is 0.750. The molecule has 7 nitrogen and oxygen atoms in total. The molecule has 2 bridgehead atoms. The van der Waals surface area contributed by atoms with Crippen molar-refractivity contribution < 1.29 is 14.1 Å². The average molecular weight is 374 g/mol. The van der Waals surface area contributed by atoms with Gasteiger partial charge in [-0.1, -0.05) is 5.16 Å². The van der Waals surface area contributed by atoms with Gasteiger partial charge in [-0.15, -0.1) is 0 Å². The zero-order valence-electron chi connectivity index (χ0n) is 16.2. The van der Waals surface area contributed by atoms with Gasteiger partial charge in [0, 0.05) is 44.7 Å². The van der Waals surface area contributed by atoms with Crippen molar-refractivity contribution in [2.24, 2.45) is 11.8 Å². The first-order chi connectivity index (χ1) is 13.1. The standard InChI is InChI=1S/C20H30N4O3/c1-14-9-18(22-27-14)20(26)24-12-15-10-16(13-24)17(21-11-15)5-4-6-19(25)23-7-2-3-8-23/h9,15-17,21H,2-8,10-13H2,1H3/t15?,16?,17-/m1/s1. The molecule has 3 aliphatic heterocycles. The minimum atomic E-state index is -0.0218. The molecule has 0 aromatic carbocycles. The predicted octanol–water partition coefficient (Wildman–Crippen LogP) is 1.83. The van der Waals surface area contributed by atoms with Crippen LogP contribution in [0.1, 0.15) is 54.8 Å². The molecule has 7 heteroatoms. The summed E-state index contributed by atoms with van der Waals surface area (Å²) < 4.78 is 5.06. The van der Waals surface area contributed by atoms with Crippen molar-refractivity contribution in [3.8, 4) is 0 Å². The van der Waals surface area contributed by atoms with Crippen molar-refractivity contribution in [1.82, 2.24) is 20.3 Å². The van der Waals surface area contributed by atoms with Crippen LogP contribution in [-0.4, -0.2) is 65.5 Å². The summed E-state index contributed by atoms with van der Waals surface area (Å²) >= 11 is 0. The minimum absolute atomic E-state index is 0.0218. The van der Waals surface area contributed by atoms with Crippen molar-refractivity contribution >= 4 is 11.8 Å². The third-order valence-electron chi connectivity index (χ3n) is 6.31. The Labute approximate surface area is 160 Å². The lowest BCUT2D eigenvalue weighted by Gasteiger charge is -2.45. The number of hydrogen-bond donors (Lipinski definition) is 1. The van der Waals surface area contributed by atoms with Crippen LogP contribution in [0.2, 0.25) is 0 Å². The molecule has 2 unspecified atom stereocenters. The second-order valence-corrected chi connectivity index (χ2v) is 8.39. The van der Waals surface area contributed by atoms with Crippen molar-refractivity contribution in [3.63, 3.8) is 0 Å². The van der Waals surface area contributed by atoms with Crippen LogP contribution in [0.4, 0.5) is 0 Å². The number of rotatable bonds is 5. The van der Waals surface area contributed by atoms with Crippen molar-refractivity contribution in [1.29, 1.82) is 0 Å². The Morgan fingerprint density at radius 3 is 2.81 bits per heavy atom. The first-order valence-corrected chi connectivity index (χ1v) is 10.3. The van der Waals surface area contributed by atoms with E-state index in [1.54, 1.807) is 13.0 Å². The largest absolute Gasteiger partial charge is 0.361 e. The maximum absolute atomic E-state index is 12.7. The molecule has 148 valence electrons. The Balaban J connectivity index is 1.29. The SMILES string of the molecule is Cc1cc(C(=O)N2CC3CN[C@H](CCCC(=O)N4CCCC4)C(C3)C2)no1. The zero-order chi connectivity index (χ0) is 18.8. The third-order valence-corrected chi connectivity index (χ3v) is 6.31. The number of amides is 2. The molecule has 0 radical (unpaired) electrons. The molecule has 3 fully saturated rings. The van der Waals surface area contributed by atoms with Crippen molar-refractivity contribution in [3.05, 3.63) is 17.5 Å². The summed E-state index contributed by atoms with van der Waals surface area (Å²) in [5.41, 5.74) is 0.410. The molecule has 3 atom stereocenters. The van der Waals surface area contributed by atoms with Gasteiger partial charge in [0.15, 0.2) is 5.69 Å².